The summed E-state index contributed by atoms with van der Waals surface area (Å²) in [5, 5.41) is 3.46. The van der Waals surface area contributed by atoms with Gasteiger partial charge < -0.3 is 5.32 Å². The summed E-state index contributed by atoms with van der Waals surface area (Å²) in [6.45, 7) is 0. The Labute approximate surface area is 149 Å². The van der Waals surface area contributed by atoms with Crippen molar-refractivity contribution in [3.05, 3.63) is 62.6 Å². The smallest absolute Gasteiger partial charge is 0.255 e. The van der Waals surface area contributed by atoms with Gasteiger partial charge in [0.15, 0.2) is 9.84 Å². The highest BCUT2D eigenvalue weighted by Crippen LogP contribution is 2.32. The molecule has 2 aromatic carbocycles. The molecule has 0 spiro atoms. The molecular formula is C15H12Cl3NO3S. The summed E-state index contributed by atoms with van der Waals surface area (Å²) in [5.41, 5.74) is 1.31. The first-order valence-electron chi connectivity index (χ1n) is 6.38. The van der Waals surface area contributed by atoms with E-state index in [-0.39, 0.29) is 15.8 Å². The van der Waals surface area contributed by atoms with Crippen molar-refractivity contribution in [2.45, 2.75) is 5.75 Å². The van der Waals surface area contributed by atoms with Crippen LogP contribution in [0.25, 0.3) is 0 Å². The lowest BCUT2D eigenvalue weighted by Gasteiger charge is -2.09. The molecule has 2 rings (SSSR count). The molecule has 122 valence electrons. The number of nitrogens with one attached hydrogen (secondary N) is 1. The van der Waals surface area contributed by atoms with Crippen molar-refractivity contribution in [3.63, 3.8) is 0 Å². The molecule has 0 bridgehead atoms. The summed E-state index contributed by atoms with van der Waals surface area (Å²) in [6, 6.07) is 9.17. The predicted molar refractivity (Wildman–Crippen MR) is 94.4 cm³/mol. The van der Waals surface area contributed by atoms with Crippen molar-refractivity contribution >= 4 is 56.2 Å². The summed E-state index contributed by atoms with van der Waals surface area (Å²) in [7, 11) is -3.12. The third-order valence-corrected chi connectivity index (χ3v) is 4.80. The van der Waals surface area contributed by atoms with Crippen LogP contribution in [0.15, 0.2) is 36.4 Å². The maximum atomic E-state index is 12.2. The molecule has 0 heterocycles. The highest BCUT2D eigenvalue weighted by atomic mass is 35.5. The van der Waals surface area contributed by atoms with Crippen LogP contribution >= 0.6 is 34.8 Å². The van der Waals surface area contributed by atoms with Gasteiger partial charge in [-0.1, -0.05) is 46.9 Å². The second kappa shape index (κ2) is 7.09. The highest BCUT2D eigenvalue weighted by molar-refractivity contribution is 7.89. The van der Waals surface area contributed by atoms with Crippen LogP contribution in [0.3, 0.4) is 0 Å². The summed E-state index contributed by atoms with van der Waals surface area (Å²) < 4.78 is 22.5. The SMILES string of the molecule is CS(=O)(=O)Cc1ccc(C(=O)Nc2cc(Cl)c(Cl)cc2Cl)cc1. The van der Waals surface area contributed by atoms with E-state index in [4.69, 9.17) is 34.8 Å². The monoisotopic (exact) mass is 391 g/mol. The van der Waals surface area contributed by atoms with Crippen LogP contribution < -0.4 is 5.32 Å². The number of carbonyl (C=O) groups excluding carboxylic acids is 1. The van der Waals surface area contributed by atoms with Crippen molar-refractivity contribution in [1.29, 1.82) is 0 Å². The second-order valence-corrected chi connectivity index (χ2v) is 8.33. The third kappa shape index (κ3) is 5.11. The van der Waals surface area contributed by atoms with Gasteiger partial charge in [-0.2, -0.15) is 0 Å². The summed E-state index contributed by atoms with van der Waals surface area (Å²) >= 11 is 17.7. The maximum Gasteiger partial charge on any atom is 0.255 e. The van der Waals surface area contributed by atoms with Crippen LogP contribution in [0.4, 0.5) is 5.69 Å². The Balaban J connectivity index is 2.17. The summed E-state index contributed by atoms with van der Waals surface area (Å²) in [4.78, 5) is 12.2. The molecule has 0 aromatic heterocycles. The van der Waals surface area contributed by atoms with E-state index in [0.29, 0.717) is 21.8 Å². The van der Waals surface area contributed by atoms with E-state index in [1.165, 1.54) is 12.1 Å². The van der Waals surface area contributed by atoms with Crippen LogP contribution in [-0.2, 0) is 15.6 Å². The van der Waals surface area contributed by atoms with E-state index in [9.17, 15) is 13.2 Å². The third-order valence-electron chi connectivity index (χ3n) is 2.90. The van der Waals surface area contributed by atoms with Gasteiger partial charge in [0, 0.05) is 11.8 Å². The van der Waals surface area contributed by atoms with Gasteiger partial charge in [-0.15, -0.1) is 0 Å². The fourth-order valence-electron chi connectivity index (χ4n) is 1.87. The van der Waals surface area contributed by atoms with Crippen molar-refractivity contribution in [3.8, 4) is 0 Å². The minimum absolute atomic E-state index is 0.0759. The molecule has 23 heavy (non-hydrogen) atoms. The Bertz CT molecular complexity index is 849. The molecule has 0 saturated heterocycles. The second-order valence-electron chi connectivity index (χ2n) is 4.97. The number of hydrogen-bond donors (Lipinski definition) is 1. The lowest BCUT2D eigenvalue weighted by molar-refractivity contribution is 0.102. The van der Waals surface area contributed by atoms with Gasteiger partial charge in [0.25, 0.3) is 5.91 Å². The van der Waals surface area contributed by atoms with Gasteiger partial charge in [-0.25, -0.2) is 8.42 Å². The molecule has 0 atom stereocenters. The Hall–Kier alpha value is -1.27. The Morgan fingerprint density at radius 3 is 2.13 bits per heavy atom. The predicted octanol–water partition coefficient (Wildman–Crippen LogP) is 4.44. The van der Waals surface area contributed by atoms with Crippen LogP contribution in [0.2, 0.25) is 15.1 Å². The van der Waals surface area contributed by atoms with Gasteiger partial charge >= 0.3 is 0 Å². The molecule has 2 aromatic rings. The van der Waals surface area contributed by atoms with E-state index in [1.54, 1.807) is 24.3 Å². The van der Waals surface area contributed by atoms with Gasteiger partial charge in [0.05, 0.1) is 26.5 Å². The molecular weight excluding hydrogens is 381 g/mol. The minimum atomic E-state index is -3.12. The molecule has 0 aliphatic heterocycles. The number of carbonyl (C=O) groups is 1. The molecule has 0 aliphatic carbocycles. The maximum absolute atomic E-state index is 12.2. The van der Waals surface area contributed by atoms with Crippen molar-refractivity contribution in [1.82, 2.24) is 0 Å². The number of rotatable bonds is 4. The summed E-state index contributed by atoms with van der Waals surface area (Å²) in [5.74, 6) is -0.468. The summed E-state index contributed by atoms with van der Waals surface area (Å²) in [6.07, 6.45) is 1.15. The quantitative estimate of drug-likeness (QED) is 0.782. The molecule has 0 aliphatic rings. The zero-order valence-corrected chi connectivity index (χ0v) is 15.0. The molecule has 1 N–H and O–H groups in total. The molecule has 4 nitrogen and oxygen atoms in total. The average Bonchev–Trinajstić information content (AvgIpc) is 2.43. The van der Waals surface area contributed by atoms with E-state index < -0.39 is 15.7 Å². The van der Waals surface area contributed by atoms with Crippen LogP contribution in [-0.4, -0.2) is 20.6 Å². The molecule has 0 radical (unpaired) electrons. The topological polar surface area (TPSA) is 63.2 Å². The lowest BCUT2D eigenvalue weighted by atomic mass is 10.1. The van der Waals surface area contributed by atoms with Crippen LogP contribution in [0.1, 0.15) is 15.9 Å². The lowest BCUT2D eigenvalue weighted by Crippen LogP contribution is -2.12. The first-order chi connectivity index (χ1) is 10.7. The Kier molecular flexibility index (Phi) is 5.57. The highest BCUT2D eigenvalue weighted by Gasteiger charge is 2.12. The fourth-order valence-corrected chi connectivity index (χ4v) is 3.26. The number of amides is 1. The van der Waals surface area contributed by atoms with Gasteiger partial charge in [0.1, 0.15) is 0 Å². The number of hydrogen-bond acceptors (Lipinski definition) is 3. The van der Waals surface area contributed by atoms with Crippen LogP contribution in [0.5, 0.6) is 0 Å². The number of halogens is 3. The zero-order valence-electron chi connectivity index (χ0n) is 11.9. The van der Waals surface area contributed by atoms with E-state index >= 15 is 0 Å². The van der Waals surface area contributed by atoms with Crippen LogP contribution in [0, 0.1) is 0 Å². The van der Waals surface area contributed by atoms with E-state index in [0.717, 1.165) is 6.26 Å². The van der Waals surface area contributed by atoms with E-state index in [2.05, 4.69) is 5.32 Å². The van der Waals surface area contributed by atoms with Gasteiger partial charge in [-0.3, -0.25) is 4.79 Å². The van der Waals surface area contributed by atoms with E-state index in [1.807, 2.05) is 0 Å². The first-order valence-corrected chi connectivity index (χ1v) is 9.58. The van der Waals surface area contributed by atoms with Gasteiger partial charge in [-0.05, 0) is 29.8 Å². The normalized spacial score (nSPS) is 11.3. The number of anilines is 1. The minimum Gasteiger partial charge on any atom is -0.321 e. The van der Waals surface area contributed by atoms with Crippen molar-refractivity contribution in [2.75, 3.05) is 11.6 Å². The first kappa shape index (κ1) is 18.1. The Morgan fingerprint density at radius 2 is 1.57 bits per heavy atom. The largest absolute Gasteiger partial charge is 0.321 e. The molecule has 8 heteroatoms. The molecule has 1 amide bonds. The zero-order chi connectivity index (χ0) is 17.2. The number of sulfone groups is 1. The average molecular weight is 393 g/mol. The standard InChI is InChI=1S/C15H12Cl3NO3S/c1-23(21,22)8-9-2-4-10(5-3-9)15(20)19-14-7-12(17)11(16)6-13(14)18/h2-7H,8H2,1H3,(H,19,20). The van der Waals surface area contributed by atoms with Crippen molar-refractivity contribution < 1.29 is 13.2 Å². The fraction of sp³-hybridized carbons (Fsp3) is 0.133. The Morgan fingerprint density at radius 1 is 1.00 bits per heavy atom. The van der Waals surface area contributed by atoms with Gasteiger partial charge in [0.2, 0.25) is 0 Å². The molecule has 0 saturated carbocycles. The number of benzene rings is 2. The van der Waals surface area contributed by atoms with Crippen molar-refractivity contribution in [2.24, 2.45) is 0 Å². The molecule has 0 fully saturated rings. The molecule has 0 unspecified atom stereocenters.